The van der Waals surface area contributed by atoms with E-state index >= 15 is 0 Å². The normalized spacial score (nSPS) is 11.6. The summed E-state index contributed by atoms with van der Waals surface area (Å²) in [5.74, 6) is 1.24. The van der Waals surface area contributed by atoms with Crippen LogP contribution in [0.3, 0.4) is 0 Å². The first-order valence-corrected chi connectivity index (χ1v) is 6.42. The number of aromatic nitrogens is 6. The monoisotopic (exact) mass is 277 g/mol. The fraction of sp³-hybridized carbons (Fsp3) is 0.583. The molecule has 0 saturated carbocycles. The van der Waals surface area contributed by atoms with E-state index in [1.54, 1.807) is 18.1 Å². The maximum Gasteiger partial charge on any atom is 0.290 e. The van der Waals surface area contributed by atoms with Gasteiger partial charge in [-0.1, -0.05) is 20.8 Å². The van der Waals surface area contributed by atoms with Gasteiger partial charge in [-0.3, -0.25) is 14.6 Å². The molecule has 0 aromatic carbocycles. The van der Waals surface area contributed by atoms with E-state index in [0.29, 0.717) is 24.6 Å². The lowest BCUT2D eigenvalue weighted by Gasteiger charge is -2.12. The van der Waals surface area contributed by atoms with E-state index in [4.69, 9.17) is 0 Å². The first-order chi connectivity index (χ1) is 9.36. The van der Waals surface area contributed by atoms with Crippen LogP contribution in [0.15, 0.2) is 6.33 Å². The van der Waals surface area contributed by atoms with Crippen LogP contribution in [0.4, 0.5) is 0 Å². The molecule has 0 aliphatic rings. The number of carbonyl (C=O) groups is 1. The fourth-order valence-electron chi connectivity index (χ4n) is 1.56. The number of rotatable bonds is 4. The smallest absolute Gasteiger partial charge is 0.290 e. The van der Waals surface area contributed by atoms with Gasteiger partial charge in [0, 0.05) is 25.4 Å². The molecule has 8 nitrogen and oxygen atoms in total. The Balaban J connectivity index is 1.87. The van der Waals surface area contributed by atoms with Crippen LogP contribution in [-0.2, 0) is 18.9 Å². The second-order valence-electron chi connectivity index (χ2n) is 5.60. The van der Waals surface area contributed by atoms with Crippen molar-refractivity contribution in [3.05, 3.63) is 23.8 Å². The molecule has 0 atom stereocenters. The summed E-state index contributed by atoms with van der Waals surface area (Å²) in [5.41, 5.74) is -0.163. The molecule has 0 bridgehead atoms. The zero-order valence-corrected chi connectivity index (χ0v) is 12.1. The quantitative estimate of drug-likeness (QED) is 0.831. The highest BCUT2D eigenvalue weighted by molar-refractivity contribution is 5.90. The number of amides is 1. The summed E-state index contributed by atoms with van der Waals surface area (Å²) < 4.78 is 1.63. The summed E-state index contributed by atoms with van der Waals surface area (Å²) >= 11 is 0. The molecule has 8 heteroatoms. The molecule has 108 valence electrons. The average molecular weight is 277 g/mol. The number of H-pyrrole nitrogens is 1. The zero-order valence-electron chi connectivity index (χ0n) is 12.1. The van der Waals surface area contributed by atoms with Gasteiger partial charge in [0.15, 0.2) is 5.82 Å². The Morgan fingerprint density at radius 1 is 1.45 bits per heavy atom. The molecule has 2 heterocycles. The van der Waals surface area contributed by atoms with E-state index in [-0.39, 0.29) is 17.1 Å². The molecule has 0 saturated heterocycles. The van der Waals surface area contributed by atoms with Crippen LogP contribution in [0.25, 0.3) is 0 Å². The van der Waals surface area contributed by atoms with Crippen molar-refractivity contribution in [3.63, 3.8) is 0 Å². The predicted octanol–water partition coefficient (Wildman–Crippen LogP) is 0.203. The number of carbonyl (C=O) groups excluding carboxylic acids is 1. The maximum absolute atomic E-state index is 11.9. The number of hydrogen-bond acceptors (Lipinski definition) is 5. The first kappa shape index (κ1) is 14.2. The fourth-order valence-corrected chi connectivity index (χ4v) is 1.56. The first-order valence-electron chi connectivity index (χ1n) is 6.42. The van der Waals surface area contributed by atoms with E-state index in [9.17, 15) is 4.79 Å². The van der Waals surface area contributed by atoms with Gasteiger partial charge in [-0.05, 0) is 0 Å². The van der Waals surface area contributed by atoms with Crippen LogP contribution >= 0.6 is 0 Å². The molecule has 0 radical (unpaired) electrons. The Morgan fingerprint density at radius 3 is 2.75 bits per heavy atom. The molecule has 0 aliphatic carbocycles. The number of nitrogens with one attached hydrogen (secondary N) is 2. The Bertz CT molecular complexity index is 593. The Kier molecular flexibility index (Phi) is 3.82. The van der Waals surface area contributed by atoms with Gasteiger partial charge in [-0.15, -0.1) is 5.10 Å². The van der Waals surface area contributed by atoms with Crippen molar-refractivity contribution in [2.24, 2.45) is 7.05 Å². The van der Waals surface area contributed by atoms with Gasteiger partial charge in [0.25, 0.3) is 5.91 Å². The Morgan fingerprint density at radius 2 is 2.20 bits per heavy atom. The topological polar surface area (TPSA) is 101 Å². The minimum atomic E-state index is -0.298. The van der Waals surface area contributed by atoms with Crippen molar-refractivity contribution in [2.75, 3.05) is 6.54 Å². The summed E-state index contributed by atoms with van der Waals surface area (Å²) in [6.07, 6.45) is 2.20. The van der Waals surface area contributed by atoms with E-state index in [2.05, 4.69) is 30.6 Å². The standard InChI is InChI=1S/C12H19N7O/c1-12(2,3)11-15-9(16-17-11)10(20)13-6-5-8-14-7-19(4)18-8/h7H,5-6H2,1-4H3,(H,13,20)(H,15,16,17). The van der Waals surface area contributed by atoms with Crippen LogP contribution in [0.5, 0.6) is 0 Å². The Labute approximate surface area is 117 Å². The molecule has 0 spiro atoms. The van der Waals surface area contributed by atoms with Gasteiger partial charge >= 0.3 is 0 Å². The van der Waals surface area contributed by atoms with Crippen LogP contribution in [0.2, 0.25) is 0 Å². The summed E-state index contributed by atoms with van der Waals surface area (Å²) in [7, 11) is 1.80. The summed E-state index contributed by atoms with van der Waals surface area (Å²) in [4.78, 5) is 20.2. The largest absolute Gasteiger partial charge is 0.349 e. The molecule has 0 aliphatic heterocycles. The predicted molar refractivity (Wildman–Crippen MR) is 72.1 cm³/mol. The zero-order chi connectivity index (χ0) is 14.8. The van der Waals surface area contributed by atoms with Crippen molar-refractivity contribution in [1.82, 2.24) is 35.3 Å². The van der Waals surface area contributed by atoms with Crippen molar-refractivity contribution >= 4 is 5.91 Å². The number of aryl methyl sites for hydroxylation is 1. The minimum Gasteiger partial charge on any atom is -0.349 e. The highest BCUT2D eigenvalue weighted by atomic mass is 16.2. The minimum absolute atomic E-state index is 0.156. The number of aromatic amines is 1. The van der Waals surface area contributed by atoms with E-state index in [1.807, 2.05) is 20.8 Å². The third kappa shape index (κ3) is 3.40. The lowest BCUT2D eigenvalue weighted by molar-refractivity contribution is 0.0944. The highest BCUT2D eigenvalue weighted by Crippen LogP contribution is 2.17. The third-order valence-electron chi connectivity index (χ3n) is 2.68. The van der Waals surface area contributed by atoms with Crippen LogP contribution in [0, 0.1) is 0 Å². The molecule has 20 heavy (non-hydrogen) atoms. The van der Waals surface area contributed by atoms with Crippen LogP contribution in [-0.4, -0.2) is 42.4 Å². The molecule has 0 unspecified atom stereocenters. The van der Waals surface area contributed by atoms with Crippen LogP contribution in [0.1, 0.15) is 43.0 Å². The van der Waals surface area contributed by atoms with Crippen molar-refractivity contribution in [1.29, 1.82) is 0 Å². The van der Waals surface area contributed by atoms with Crippen molar-refractivity contribution in [2.45, 2.75) is 32.6 Å². The van der Waals surface area contributed by atoms with E-state index in [0.717, 1.165) is 0 Å². The number of nitrogens with zero attached hydrogens (tertiary/aromatic N) is 5. The second-order valence-corrected chi connectivity index (χ2v) is 5.60. The van der Waals surface area contributed by atoms with Crippen molar-refractivity contribution < 1.29 is 4.79 Å². The molecular formula is C12H19N7O. The van der Waals surface area contributed by atoms with Crippen molar-refractivity contribution in [3.8, 4) is 0 Å². The van der Waals surface area contributed by atoms with E-state index in [1.165, 1.54) is 0 Å². The summed E-state index contributed by atoms with van der Waals surface area (Å²) in [6.45, 7) is 6.45. The van der Waals surface area contributed by atoms with Gasteiger partial charge in [0.1, 0.15) is 12.2 Å². The summed E-state index contributed by atoms with van der Waals surface area (Å²) in [5, 5.41) is 13.6. The Hall–Kier alpha value is -2.25. The molecule has 1 amide bonds. The van der Waals surface area contributed by atoms with E-state index < -0.39 is 0 Å². The highest BCUT2D eigenvalue weighted by Gasteiger charge is 2.21. The summed E-state index contributed by atoms with van der Waals surface area (Å²) in [6, 6.07) is 0. The molecule has 2 aromatic rings. The van der Waals surface area contributed by atoms with Crippen LogP contribution < -0.4 is 5.32 Å². The van der Waals surface area contributed by atoms with Gasteiger partial charge < -0.3 is 5.32 Å². The second kappa shape index (κ2) is 5.40. The third-order valence-corrected chi connectivity index (χ3v) is 2.68. The average Bonchev–Trinajstić information content (AvgIpc) is 2.97. The maximum atomic E-state index is 11.9. The molecular weight excluding hydrogens is 258 g/mol. The molecule has 0 fully saturated rings. The lowest BCUT2D eigenvalue weighted by atomic mass is 9.96. The van der Waals surface area contributed by atoms with Gasteiger partial charge in [0.2, 0.25) is 5.82 Å². The van der Waals surface area contributed by atoms with Gasteiger partial charge in [0.05, 0.1) is 0 Å². The molecule has 2 aromatic heterocycles. The molecule has 2 rings (SSSR count). The van der Waals surface area contributed by atoms with Gasteiger partial charge in [-0.2, -0.15) is 5.10 Å². The number of hydrogen-bond donors (Lipinski definition) is 2. The lowest BCUT2D eigenvalue weighted by Crippen LogP contribution is -2.27. The molecule has 2 N–H and O–H groups in total. The van der Waals surface area contributed by atoms with Gasteiger partial charge in [-0.25, -0.2) is 9.97 Å². The SMILES string of the molecule is Cn1cnc(CCNC(=O)c2n[nH]c(C(C)(C)C)n2)n1.